The molecule has 288 valence electrons. The molecule has 0 spiro atoms. The van der Waals surface area contributed by atoms with E-state index in [1.165, 1.54) is 21.5 Å². The molecule has 4 atom stereocenters. The van der Waals surface area contributed by atoms with Gasteiger partial charge in [-0.15, -0.1) is 0 Å². The number of nitrogens with zero attached hydrogens (tertiary/aromatic N) is 2. The van der Waals surface area contributed by atoms with Crippen molar-refractivity contribution in [3.05, 3.63) is 168 Å². The predicted molar refractivity (Wildman–Crippen MR) is 248 cm³/mol. The van der Waals surface area contributed by atoms with Gasteiger partial charge in [-0.3, -0.25) is 9.97 Å². The lowest BCUT2D eigenvalue weighted by Crippen LogP contribution is -2.62. The quantitative estimate of drug-likeness (QED) is 0.126. The molecule has 0 radical (unpaired) electrons. The van der Waals surface area contributed by atoms with Gasteiger partial charge in [-0.05, 0) is 69.8 Å². The second-order valence-corrected chi connectivity index (χ2v) is 30.5. The lowest BCUT2D eigenvalue weighted by molar-refractivity contribution is 0.00733. The minimum Gasteiger partial charge on any atom is -0.375 e. The molecule has 2 aromatic heterocycles. The van der Waals surface area contributed by atoms with Crippen molar-refractivity contribution < 1.29 is 4.74 Å². The van der Waals surface area contributed by atoms with E-state index in [2.05, 4.69) is 201 Å². The van der Waals surface area contributed by atoms with Gasteiger partial charge >= 0.3 is 0 Å². The van der Waals surface area contributed by atoms with Crippen molar-refractivity contribution in [2.75, 3.05) is 0 Å². The Hall–Kier alpha value is -3.47. The summed E-state index contributed by atoms with van der Waals surface area (Å²) >= 11 is 0. The maximum atomic E-state index is 8.85. The summed E-state index contributed by atoms with van der Waals surface area (Å²) < 4.78 is 8.85. The van der Waals surface area contributed by atoms with Crippen LogP contribution < -0.4 is 10.4 Å². The number of aromatic nitrogens is 2. The van der Waals surface area contributed by atoms with Crippen molar-refractivity contribution in [3.8, 4) is 0 Å². The summed E-state index contributed by atoms with van der Waals surface area (Å²) in [5.41, 5.74) is 4.94. The van der Waals surface area contributed by atoms with E-state index < -0.39 is 47.8 Å². The highest BCUT2D eigenvalue weighted by Gasteiger charge is 2.55. The molecule has 0 amide bonds. The summed E-state index contributed by atoms with van der Waals surface area (Å²) in [7, 11) is -4.45. The Morgan fingerprint density at radius 2 is 0.945 bits per heavy atom. The van der Waals surface area contributed by atoms with Crippen LogP contribution in [0.5, 0.6) is 0 Å². The summed E-state index contributed by atoms with van der Waals surface area (Å²) in [6.07, 6.45) is 27.6. The van der Waals surface area contributed by atoms with Crippen molar-refractivity contribution in [2.45, 2.75) is 101 Å². The molecule has 4 unspecified atom stereocenters. The monoisotopic (exact) mass is 796 g/mol. The van der Waals surface area contributed by atoms with Gasteiger partial charge in [0.2, 0.25) is 0 Å². The molecule has 0 aliphatic heterocycles. The molecule has 4 aromatic rings. The average molecular weight is 797 g/mol. The van der Waals surface area contributed by atoms with Crippen LogP contribution in [-0.4, -0.2) is 48.0 Å². The number of hydrogen-bond donors (Lipinski definition) is 0. The summed E-state index contributed by atoms with van der Waals surface area (Å²) in [5, 5.41) is 2.93. The molecular formula is C48H64N2OSi4. The Bertz CT molecular complexity index is 1840. The number of aryl methyl sites for hydroxylation is 2. The number of ether oxygens (including phenoxy) is 1. The first-order valence-electron chi connectivity index (χ1n) is 20.6. The molecule has 0 N–H and O–H groups in total. The van der Waals surface area contributed by atoms with Gasteiger partial charge in [0.05, 0.1) is 47.8 Å². The molecular weight excluding hydrogens is 733 g/mol. The number of benzene rings is 2. The van der Waals surface area contributed by atoms with Gasteiger partial charge in [0.1, 0.15) is 0 Å². The van der Waals surface area contributed by atoms with Crippen molar-refractivity contribution in [1.29, 1.82) is 0 Å². The molecule has 7 heteroatoms. The van der Waals surface area contributed by atoms with Gasteiger partial charge in [-0.1, -0.05) is 187 Å². The third kappa shape index (κ3) is 9.07. The Labute approximate surface area is 341 Å². The van der Waals surface area contributed by atoms with Gasteiger partial charge in [-0.2, -0.15) is 0 Å². The Morgan fingerprint density at radius 1 is 0.545 bits per heavy atom. The largest absolute Gasteiger partial charge is 0.375 e. The SMILES string of the molecule is CCc1ccc(C(OC([SiH2]c2ccccc2)([SiH2]C2(C(C)(C)C)C=CC=CC2)c2ccc(CC)nc2)([SiH2]c2ccccc2)[SiH2]C2(C(C)(C)C)C=CC=CC2)cn1. The molecule has 55 heavy (non-hydrogen) atoms. The van der Waals surface area contributed by atoms with Crippen LogP contribution in [0.4, 0.5) is 0 Å². The lowest BCUT2D eigenvalue weighted by atomic mass is 9.76. The third-order valence-corrected chi connectivity index (χ3v) is 26.6. The summed E-state index contributed by atoms with van der Waals surface area (Å²) in [4.78, 5) is 9.50. The smallest absolute Gasteiger partial charge is 0.0933 e. The van der Waals surface area contributed by atoms with E-state index in [4.69, 9.17) is 14.7 Å². The van der Waals surface area contributed by atoms with E-state index in [0.717, 1.165) is 37.1 Å². The fraction of sp³-hybridized carbons (Fsp3) is 0.375. The fourth-order valence-corrected chi connectivity index (χ4v) is 24.9. The maximum Gasteiger partial charge on any atom is 0.0933 e. The van der Waals surface area contributed by atoms with E-state index in [9.17, 15) is 0 Å². The van der Waals surface area contributed by atoms with E-state index in [-0.39, 0.29) is 20.9 Å². The first kappa shape index (κ1) is 41.2. The zero-order valence-electron chi connectivity index (χ0n) is 34.8. The summed E-state index contributed by atoms with van der Waals surface area (Å²) in [6.45, 7) is 19.2. The zero-order valence-corrected chi connectivity index (χ0v) is 40.5. The molecule has 2 aliphatic carbocycles. The van der Waals surface area contributed by atoms with Gasteiger partial charge in [0.15, 0.2) is 0 Å². The van der Waals surface area contributed by atoms with Crippen LogP contribution in [-0.2, 0) is 27.3 Å². The van der Waals surface area contributed by atoms with Crippen molar-refractivity contribution in [1.82, 2.24) is 9.97 Å². The first-order valence-corrected chi connectivity index (χ1v) is 26.3. The minimum atomic E-state index is -1.12. The number of pyridine rings is 2. The van der Waals surface area contributed by atoms with Crippen LogP contribution in [0.15, 0.2) is 146 Å². The molecule has 2 aromatic carbocycles. The average Bonchev–Trinajstić information content (AvgIpc) is 3.18. The Kier molecular flexibility index (Phi) is 12.7. The Balaban J connectivity index is 1.70. The highest BCUT2D eigenvalue weighted by Crippen LogP contribution is 2.57. The van der Waals surface area contributed by atoms with Crippen LogP contribution in [0.2, 0.25) is 10.1 Å². The van der Waals surface area contributed by atoms with E-state index in [1.807, 2.05) is 0 Å². The lowest BCUT2D eigenvalue weighted by Gasteiger charge is -2.55. The Morgan fingerprint density at radius 3 is 1.24 bits per heavy atom. The molecule has 3 nitrogen and oxygen atoms in total. The minimum absolute atomic E-state index is 0.00800. The molecule has 0 saturated heterocycles. The fourth-order valence-electron chi connectivity index (χ4n) is 9.08. The van der Waals surface area contributed by atoms with E-state index in [1.54, 1.807) is 0 Å². The zero-order chi connectivity index (χ0) is 39.2. The topological polar surface area (TPSA) is 35.0 Å². The van der Waals surface area contributed by atoms with Crippen LogP contribution >= 0.6 is 0 Å². The summed E-state index contributed by atoms with van der Waals surface area (Å²) in [5.74, 6) is 0. The summed E-state index contributed by atoms with van der Waals surface area (Å²) in [6, 6.07) is 32.2. The number of allylic oxidation sites excluding steroid dienone is 8. The first-order chi connectivity index (χ1) is 26.3. The van der Waals surface area contributed by atoms with Gasteiger partial charge in [-0.25, -0.2) is 0 Å². The highest BCUT2D eigenvalue weighted by atomic mass is 28.3. The van der Waals surface area contributed by atoms with Crippen LogP contribution in [0, 0.1) is 10.8 Å². The molecule has 0 fully saturated rings. The third-order valence-electron chi connectivity index (χ3n) is 13.0. The van der Waals surface area contributed by atoms with Gasteiger partial charge in [0.25, 0.3) is 0 Å². The molecule has 2 heterocycles. The van der Waals surface area contributed by atoms with Crippen LogP contribution in [0.3, 0.4) is 0 Å². The second-order valence-electron chi connectivity index (χ2n) is 18.3. The maximum absolute atomic E-state index is 8.85. The number of hydrogen-bond acceptors (Lipinski definition) is 3. The van der Waals surface area contributed by atoms with Crippen molar-refractivity contribution in [2.24, 2.45) is 10.8 Å². The van der Waals surface area contributed by atoms with Crippen LogP contribution in [0.25, 0.3) is 0 Å². The van der Waals surface area contributed by atoms with Crippen molar-refractivity contribution in [3.63, 3.8) is 0 Å². The molecule has 0 saturated carbocycles. The van der Waals surface area contributed by atoms with E-state index >= 15 is 0 Å². The van der Waals surface area contributed by atoms with E-state index in [0.29, 0.717) is 0 Å². The normalized spacial score (nSPS) is 22.8. The van der Waals surface area contributed by atoms with Gasteiger partial charge in [0, 0.05) is 23.8 Å². The predicted octanol–water partition coefficient (Wildman–Crippen LogP) is 7.31. The molecule has 0 bridgehead atoms. The van der Waals surface area contributed by atoms with Crippen molar-refractivity contribution >= 4 is 48.5 Å². The molecule has 2 aliphatic rings. The molecule has 6 rings (SSSR count). The standard InChI is InChI=1S/C48H64N2OSi4/c1-9-39-29-27-37(35-49-39)47(52-41-23-15-11-16-24-41,54-45(43(3,4)5)31-19-13-20-32-45)51-48(53-42-25-17-12-18-26-42,38-28-30-40(10-2)50-36-38)55-46(44(6,7)8)33-21-14-22-34-46/h11-31,33,35-36H,9-10,32,34,52-55H2,1-8H3. The second kappa shape index (κ2) is 16.9. The highest BCUT2D eigenvalue weighted by molar-refractivity contribution is 6.73. The number of rotatable bonds is 14. The van der Waals surface area contributed by atoms with Gasteiger partial charge < -0.3 is 4.74 Å². The van der Waals surface area contributed by atoms with Crippen LogP contribution in [0.1, 0.15) is 90.7 Å².